The fraction of sp³-hybridized carbons (Fsp3) is 0.333. The number of aryl methyl sites for hydroxylation is 3. The summed E-state index contributed by atoms with van der Waals surface area (Å²) >= 11 is 9.29. The van der Waals surface area contributed by atoms with Crippen LogP contribution in [0.15, 0.2) is 28.7 Å². The van der Waals surface area contributed by atoms with Crippen molar-refractivity contribution < 1.29 is 0 Å². The van der Waals surface area contributed by atoms with E-state index in [2.05, 4.69) is 63.0 Å². The monoisotopic (exact) mass is 384 g/mol. The van der Waals surface area contributed by atoms with Crippen molar-refractivity contribution in [1.29, 1.82) is 0 Å². The van der Waals surface area contributed by atoms with E-state index in [-0.39, 0.29) is 0 Å². The van der Waals surface area contributed by atoms with Gasteiger partial charge in [-0.15, -0.1) is 11.3 Å². The number of benzene rings is 1. The summed E-state index contributed by atoms with van der Waals surface area (Å²) in [6, 6.07) is 9.19. The molecule has 1 atom stereocenters. The first-order chi connectivity index (χ1) is 8.65. The summed E-state index contributed by atoms with van der Waals surface area (Å²) in [6.45, 7) is 2.15. The zero-order chi connectivity index (χ0) is 12.7. The second-order valence-corrected chi connectivity index (χ2v) is 7.86. The Morgan fingerprint density at radius 2 is 1.94 bits per heavy atom. The highest BCUT2D eigenvalue weighted by Gasteiger charge is 2.17. The van der Waals surface area contributed by atoms with Crippen LogP contribution in [0, 0.1) is 6.92 Å². The maximum absolute atomic E-state index is 3.84. The highest BCUT2D eigenvalue weighted by Crippen LogP contribution is 2.39. The van der Waals surface area contributed by atoms with Gasteiger partial charge in [-0.25, -0.2) is 0 Å². The fourth-order valence-electron chi connectivity index (χ4n) is 2.52. The molecule has 0 amide bonds. The van der Waals surface area contributed by atoms with Gasteiger partial charge in [0.2, 0.25) is 0 Å². The lowest BCUT2D eigenvalue weighted by Gasteiger charge is -2.10. The number of thiophene rings is 1. The number of fused-ring (bicyclic) bond motifs is 1. The normalized spacial score (nSPS) is 15.7. The van der Waals surface area contributed by atoms with Gasteiger partial charge in [0.1, 0.15) is 0 Å². The minimum atomic E-state index is 0.318. The summed E-state index contributed by atoms with van der Waals surface area (Å²) in [5.74, 6) is 0. The molecule has 94 valence electrons. The summed E-state index contributed by atoms with van der Waals surface area (Å²) in [5.41, 5.74) is 4.47. The van der Waals surface area contributed by atoms with E-state index >= 15 is 0 Å². The van der Waals surface area contributed by atoms with E-state index in [1.165, 1.54) is 39.1 Å². The number of alkyl halides is 1. The SMILES string of the molecule is Cc1sc(C(Br)c2ccc3c(c2)CCC3)cc1Br. The first-order valence-electron chi connectivity index (χ1n) is 6.17. The van der Waals surface area contributed by atoms with Crippen molar-refractivity contribution in [3.8, 4) is 0 Å². The zero-order valence-electron chi connectivity index (χ0n) is 10.2. The van der Waals surface area contributed by atoms with Crippen LogP contribution < -0.4 is 0 Å². The van der Waals surface area contributed by atoms with E-state index in [1.54, 1.807) is 11.1 Å². The van der Waals surface area contributed by atoms with Gasteiger partial charge in [0.25, 0.3) is 0 Å². The van der Waals surface area contributed by atoms with E-state index < -0.39 is 0 Å². The first kappa shape index (κ1) is 12.9. The molecule has 3 rings (SSSR count). The molecule has 18 heavy (non-hydrogen) atoms. The van der Waals surface area contributed by atoms with Gasteiger partial charge in [0, 0.05) is 14.2 Å². The van der Waals surface area contributed by atoms with Crippen LogP contribution in [0.2, 0.25) is 0 Å². The molecule has 1 aliphatic carbocycles. The molecule has 0 fully saturated rings. The van der Waals surface area contributed by atoms with Gasteiger partial charge in [-0.1, -0.05) is 34.1 Å². The topological polar surface area (TPSA) is 0 Å². The van der Waals surface area contributed by atoms with Gasteiger partial charge in [-0.05, 0) is 64.9 Å². The quantitative estimate of drug-likeness (QED) is 0.573. The van der Waals surface area contributed by atoms with E-state index in [0.29, 0.717) is 4.83 Å². The van der Waals surface area contributed by atoms with Crippen molar-refractivity contribution in [2.75, 3.05) is 0 Å². The van der Waals surface area contributed by atoms with Crippen LogP contribution >= 0.6 is 43.2 Å². The molecule has 3 heteroatoms. The Balaban J connectivity index is 1.94. The van der Waals surface area contributed by atoms with Gasteiger partial charge in [0.05, 0.1) is 4.83 Å². The minimum absolute atomic E-state index is 0.318. The summed E-state index contributed by atoms with van der Waals surface area (Å²) in [5, 5.41) is 0. The maximum atomic E-state index is 3.84. The van der Waals surface area contributed by atoms with Crippen LogP contribution in [0.5, 0.6) is 0 Å². The van der Waals surface area contributed by atoms with Gasteiger partial charge in [-0.3, -0.25) is 0 Å². The van der Waals surface area contributed by atoms with Gasteiger partial charge >= 0.3 is 0 Å². The lowest BCUT2D eigenvalue weighted by Crippen LogP contribution is -1.92. The Morgan fingerprint density at radius 3 is 2.67 bits per heavy atom. The molecule has 1 aromatic carbocycles. The van der Waals surface area contributed by atoms with Crippen molar-refractivity contribution in [2.45, 2.75) is 31.0 Å². The smallest absolute Gasteiger partial charge is 0.0738 e. The molecule has 2 aromatic rings. The average Bonchev–Trinajstić information content (AvgIpc) is 2.95. The number of hydrogen-bond acceptors (Lipinski definition) is 1. The minimum Gasteiger partial charge on any atom is -0.143 e. The highest BCUT2D eigenvalue weighted by atomic mass is 79.9. The van der Waals surface area contributed by atoms with Crippen LogP contribution in [0.4, 0.5) is 0 Å². The van der Waals surface area contributed by atoms with Crippen molar-refractivity contribution in [1.82, 2.24) is 0 Å². The summed E-state index contributed by atoms with van der Waals surface area (Å²) in [4.78, 5) is 3.03. The molecule has 0 radical (unpaired) electrons. The lowest BCUT2D eigenvalue weighted by molar-refractivity contribution is 0.911. The van der Waals surface area contributed by atoms with Gasteiger partial charge in [0.15, 0.2) is 0 Å². The number of rotatable bonds is 2. The molecule has 1 aromatic heterocycles. The van der Waals surface area contributed by atoms with Crippen molar-refractivity contribution in [2.24, 2.45) is 0 Å². The van der Waals surface area contributed by atoms with Crippen LogP contribution in [0.1, 0.15) is 37.7 Å². The molecule has 0 spiro atoms. The summed E-state index contributed by atoms with van der Waals surface area (Å²) in [6.07, 6.45) is 3.82. The van der Waals surface area contributed by atoms with E-state index in [4.69, 9.17) is 0 Å². The van der Waals surface area contributed by atoms with Crippen LogP contribution in [-0.2, 0) is 12.8 Å². The Morgan fingerprint density at radius 1 is 1.17 bits per heavy atom. The third-order valence-corrected chi connectivity index (χ3v) is 7.07. The fourth-order valence-corrected chi connectivity index (χ4v) is 4.78. The van der Waals surface area contributed by atoms with Crippen molar-refractivity contribution >= 4 is 43.2 Å². The zero-order valence-corrected chi connectivity index (χ0v) is 14.2. The molecule has 0 aliphatic heterocycles. The molecule has 1 aliphatic rings. The predicted molar refractivity (Wildman–Crippen MR) is 86.0 cm³/mol. The molecular weight excluding hydrogens is 372 g/mol. The molecule has 0 bridgehead atoms. The van der Waals surface area contributed by atoms with Crippen molar-refractivity contribution in [3.63, 3.8) is 0 Å². The summed E-state index contributed by atoms with van der Waals surface area (Å²) in [7, 11) is 0. The third kappa shape index (κ3) is 2.33. The first-order valence-corrected chi connectivity index (χ1v) is 8.69. The summed E-state index contributed by atoms with van der Waals surface area (Å²) < 4.78 is 1.22. The van der Waals surface area contributed by atoms with Crippen LogP contribution in [-0.4, -0.2) is 0 Å². The molecule has 0 saturated carbocycles. The lowest BCUT2D eigenvalue weighted by atomic mass is 10.0. The van der Waals surface area contributed by atoms with E-state index in [9.17, 15) is 0 Å². The van der Waals surface area contributed by atoms with Crippen LogP contribution in [0.25, 0.3) is 0 Å². The molecule has 1 heterocycles. The Bertz CT molecular complexity index is 567. The maximum Gasteiger partial charge on any atom is 0.0738 e. The van der Waals surface area contributed by atoms with Crippen molar-refractivity contribution in [3.05, 3.63) is 55.2 Å². The largest absolute Gasteiger partial charge is 0.143 e. The standard InChI is InChI=1S/C15H14Br2S/c1-9-13(16)8-14(18-9)15(17)12-6-5-10-3-2-4-11(10)7-12/h5-8,15H,2-4H2,1H3. The van der Waals surface area contributed by atoms with E-state index in [1.807, 2.05) is 11.3 Å². The Labute approximate surface area is 129 Å². The second-order valence-electron chi connectivity index (χ2n) is 4.80. The van der Waals surface area contributed by atoms with Gasteiger partial charge in [-0.2, -0.15) is 0 Å². The third-order valence-electron chi connectivity index (χ3n) is 3.54. The molecule has 0 nitrogen and oxygen atoms in total. The Kier molecular flexibility index (Phi) is 3.65. The van der Waals surface area contributed by atoms with Crippen LogP contribution in [0.3, 0.4) is 0 Å². The highest BCUT2D eigenvalue weighted by molar-refractivity contribution is 9.10. The predicted octanol–water partition coefficient (Wildman–Crippen LogP) is 5.79. The average molecular weight is 386 g/mol. The van der Waals surface area contributed by atoms with E-state index in [0.717, 1.165) is 0 Å². The molecule has 0 saturated heterocycles. The second kappa shape index (κ2) is 5.10. The number of hydrogen-bond donors (Lipinski definition) is 0. The Hall–Kier alpha value is -0.120. The molecule has 0 N–H and O–H groups in total. The molecular formula is C15H14Br2S. The molecule has 1 unspecified atom stereocenters. The number of halogens is 2. The van der Waals surface area contributed by atoms with Gasteiger partial charge < -0.3 is 0 Å².